The highest BCUT2D eigenvalue weighted by molar-refractivity contribution is 6.34. The standard InChI is InChI=1S/C21H23ClN2O5/c1-13-9-14(2)20(17(22)10-13)24-19(26)12-29-21(27)15(3)23-18(25)11-28-16-7-5-4-6-8-16/h4-10,15H,11-12H2,1-3H3,(H,23,25)(H,24,26)/t15-/m0/s1. The Hall–Kier alpha value is -3.06. The number of para-hydroxylation sites is 1. The number of hydrogen-bond acceptors (Lipinski definition) is 5. The minimum atomic E-state index is -0.931. The number of ether oxygens (including phenoxy) is 2. The van der Waals surface area contributed by atoms with Crippen molar-refractivity contribution >= 4 is 35.1 Å². The van der Waals surface area contributed by atoms with Crippen molar-refractivity contribution in [3.05, 3.63) is 58.6 Å². The summed E-state index contributed by atoms with van der Waals surface area (Å²) >= 11 is 6.14. The minimum absolute atomic E-state index is 0.243. The Labute approximate surface area is 174 Å². The van der Waals surface area contributed by atoms with Crippen LogP contribution in [0.1, 0.15) is 18.1 Å². The van der Waals surface area contributed by atoms with E-state index in [0.29, 0.717) is 16.5 Å². The molecular formula is C21H23ClN2O5. The molecule has 0 saturated heterocycles. The lowest BCUT2D eigenvalue weighted by Gasteiger charge is -2.15. The lowest BCUT2D eigenvalue weighted by atomic mass is 10.1. The summed E-state index contributed by atoms with van der Waals surface area (Å²) in [5.74, 6) is -1.21. The first-order valence-corrected chi connectivity index (χ1v) is 9.34. The van der Waals surface area contributed by atoms with Crippen LogP contribution in [0, 0.1) is 13.8 Å². The molecule has 2 N–H and O–H groups in total. The van der Waals surface area contributed by atoms with E-state index in [4.69, 9.17) is 21.1 Å². The van der Waals surface area contributed by atoms with Gasteiger partial charge in [0.15, 0.2) is 13.2 Å². The zero-order valence-corrected chi connectivity index (χ0v) is 17.2. The molecule has 1 atom stereocenters. The summed E-state index contributed by atoms with van der Waals surface area (Å²) in [5.41, 5.74) is 2.24. The minimum Gasteiger partial charge on any atom is -0.484 e. The van der Waals surface area contributed by atoms with Gasteiger partial charge in [0.2, 0.25) is 0 Å². The first kappa shape index (κ1) is 22.2. The number of esters is 1. The van der Waals surface area contributed by atoms with Crippen LogP contribution in [0.25, 0.3) is 0 Å². The molecule has 0 aliphatic carbocycles. The summed E-state index contributed by atoms with van der Waals surface area (Å²) in [7, 11) is 0. The van der Waals surface area contributed by atoms with Crippen LogP contribution in [-0.4, -0.2) is 37.0 Å². The summed E-state index contributed by atoms with van der Waals surface area (Å²) in [5, 5.41) is 5.48. The number of halogens is 1. The zero-order valence-electron chi connectivity index (χ0n) is 16.5. The highest BCUT2D eigenvalue weighted by atomic mass is 35.5. The quantitative estimate of drug-likeness (QED) is 0.643. The van der Waals surface area contributed by atoms with E-state index in [1.54, 1.807) is 30.3 Å². The SMILES string of the molecule is Cc1cc(C)c(NC(=O)COC(=O)[C@H](C)NC(=O)COc2ccccc2)c(Cl)c1. The Morgan fingerprint density at radius 2 is 1.72 bits per heavy atom. The van der Waals surface area contributed by atoms with Gasteiger partial charge in [0, 0.05) is 0 Å². The molecule has 0 spiro atoms. The van der Waals surface area contributed by atoms with Gasteiger partial charge in [0.25, 0.3) is 11.8 Å². The van der Waals surface area contributed by atoms with Gasteiger partial charge in [0.1, 0.15) is 11.8 Å². The van der Waals surface area contributed by atoms with Gasteiger partial charge in [-0.05, 0) is 50.1 Å². The van der Waals surface area contributed by atoms with E-state index >= 15 is 0 Å². The van der Waals surface area contributed by atoms with Crippen LogP contribution in [0.2, 0.25) is 5.02 Å². The molecule has 2 aromatic carbocycles. The molecule has 0 aliphatic rings. The Morgan fingerprint density at radius 3 is 2.38 bits per heavy atom. The number of anilines is 1. The average molecular weight is 419 g/mol. The summed E-state index contributed by atoms with van der Waals surface area (Å²) in [6.07, 6.45) is 0. The molecule has 0 heterocycles. The van der Waals surface area contributed by atoms with Crippen LogP contribution in [0.3, 0.4) is 0 Å². The molecule has 2 amide bonds. The topological polar surface area (TPSA) is 93.7 Å². The van der Waals surface area contributed by atoms with E-state index in [-0.39, 0.29) is 6.61 Å². The number of benzene rings is 2. The Bertz CT molecular complexity index is 863. The third-order valence-corrected chi connectivity index (χ3v) is 4.18. The smallest absolute Gasteiger partial charge is 0.328 e. The molecule has 0 aliphatic heterocycles. The average Bonchev–Trinajstić information content (AvgIpc) is 2.68. The zero-order chi connectivity index (χ0) is 21.4. The molecule has 29 heavy (non-hydrogen) atoms. The van der Waals surface area contributed by atoms with Crippen LogP contribution < -0.4 is 15.4 Å². The maximum absolute atomic E-state index is 12.1. The van der Waals surface area contributed by atoms with Crippen LogP contribution in [0.15, 0.2) is 42.5 Å². The molecule has 154 valence electrons. The lowest BCUT2D eigenvalue weighted by Crippen LogP contribution is -2.42. The van der Waals surface area contributed by atoms with Gasteiger partial charge in [-0.2, -0.15) is 0 Å². The van der Waals surface area contributed by atoms with Crippen molar-refractivity contribution in [2.24, 2.45) is 0 Å². The largest absolute Gasteiger partial charge is 0.484 e. The van der Waals surface area contributed by atoms with Crippen molar-refractivity contribution in [2.45, 2.75) is 26.8 Å². The second kappa shape index (κ2) is 10.5. The number of nitrogens with one attached hydrogen (secondary N) is 2. The molecule has 2 aromatic rings. The fourth-order valence-corrected chi connectivity index (χ4v) is 2.89. The van der Waals surface area contributed by atoms with E-state index in [9.17, 15) is 14.4 Å². The summed E-state index contributed by atoms with van der Waals surface area (Å²) < 4.78 is 10.3. The van der Waals surface area contributed by atoms with Crippen molar-refractivity contribution in [3.63, 3.8) is 0 Å². The predicted octanol–water partition coefficient (Wildman–Crippen LogP) is 3.02. The summed E-state index contributed by atoms with van der Waals surface area (Å²) in [6.45, 7) is 4.43. The third-order valence-electron chi connectivity index (χ3n) is 3.89. The number of carbonyl (C=O) groups excluding carboxylic acids is 3. The molecule has 0 fully saturated rings. The number of hydrogen-bond donors (Lipinski definition) is 2. The van der Waals surface area contributed by atoms with Gasteiger partial charge >= 0.3 is 5.97 Å². The van der Waals surface area contributed by atoms with Crippen molar-refractivity contribution in [1.82, 2.24) is 5.32 Å². The van der Waals surface area contributed by atoms with Crippen LogP contribution in [0.5, 0.6) is 5.75 Å². The molecule has 0 saturated carbocycles. The molecule has 2 rings (SSSR count). The van der Waals surface area contributed by atoms with Crippen molar-refractivity contribution in [1.29, 1.82) is 0 Å². The van der Waals surface area contributed by atoms with Crippen LogP contribution >= 0.6 is 11.6 Å². The highest BCUT2D eigenvalue weighted by Crippen LogP contribution is 2.27. The molecule has 8 heteroatoms. The maximum Gasteiger partial charge on any atom is 0.328 e. The third kappa shape index (κ3) is 7.12. The van der Waals surface area contributed by atoms with E-state index < -0.39 is 30.4 Å². The number of rotatable bonds is 8. The molecule has 0 unspecified atom stereocenters. The van der Waals surface area contributed by atoms with Crippen LogP contribution in [-0.2, 0) is 19.1 Å². The molecule has 0 aromatic heterocycles. The number of aryl methyl sites for hydroxylation is 2. The lowest BCUT2D eigenvalue weighted by molar-refractivity contribution is -0.150. The first-order chi connectivity index (χ1) is 13.8. The fourth-order valence-electron chi connectivity index (χ4n) is 2.52. The first-order valence-electron chi connectivity index (χ1n) is 8.96. The second-order valence-corrected chi connectivity index (χ2v) is 6.89. The van der Waals surface area contributed by atoms with E-state index in [2.05, 4.69) is 10.6 Å². The van der Waals surface area contributed by atoms with Gasteiger partial charge in [0.05, 0.1) is 10.7 Å². The summed E-state index contributed by atoms with van der Waals surface area (Å²) in [4.78, 5) is 35.9. The van der Waals surface area contributed by atoms with Gasteiger partial charge in [-0.25, -0.2) is 4.79 Å². The van der Waals surface area contributed by atoms with Crippen molar-refractivity contribution < 1.29 is 23.9 Å². The normalized spacial score (nSPS) is 11.3. The van der Waals surface area contributed by atoms with E-state index in [1.807, 2.05) is 26.0 Å². The van der Waals surface area contributed by atoms with Gasteiger partial charge in [-0.1, -0.05) is 35.9 Å². The fraction of sp³-hybridized carbons (Fsp3) is 0.286. The monoisotopic (exact) mass is 418 g/mol. The van der Waals surface area contributed by atoms with Crippen molar-refractivity contribution in [2.75, 3.05) is 18.5 Å². The Kier molecular flexibility index (Phi) is 8.03. The van der Waals surface area contributed by atoms with Crippen molar-refractivity contribution in [3.8, 4) is 5.75 Å². The van der Waals surface area contributed by atoms with Gasteiger partial charge in [-0.15, -0.1) is 0 Å². The van der Waals surface area contributed by atoms with E-state index in [1.165, 1.54) is 6.92 Å². The number of amides is 2. The highest BCUT2D eigenvalue weighted by Gasteiger charge is 2.19. The van der Waals surface area contributed by atoms with Crippen LogP contribution in [0.4, 0.5) is 5.69 Å². The Morgan fingerprint density at radius 1 is 1.03 bits per heavy atom. The van der Waals surface area contributed by atoms with Gasteiger partial charge < -0.3 is 20.1 Å². The molecule has 0 bridgehead atoms. The predicted molar refractivity (Wildman–Crippen MR) is 110 cm³/mol. The summed E-state index contributed by atoms with van der Waals surface area (Å²) in [6, 6.07) is 11.5. The van der Waals surface area contributed by atoms with Gasteiger partial charge in [-0.3, -0.25) is 9.59 Å². The number of carbonyl (C=O) groups is 3. The molecular weight excluding hydrogens is 396 g/mol. The Balaban J connectivity index is 1.76. The molecule has 0 radical (unpaired) electrons. The second-order valence-electron chi connectivity index (χ2n) is 6.49. The maximum atomic E-state index is 12.1. The molecule has 7 nitrogen and oxygen atoms in total. The van der Waals surface area contributed by atoms with E-state index in [0.717, 1.165) is 11.1 Å².